The Hall–Kier alpha value is -1.51. The Morgan fingerprint density at radius 2 is 1.95 bits per heavy atom. The van der Waals surface area contributed by atoms with Crippen LogP contribution in [0.4, 0.5) is 0 Å². The molecule has 0 aromatic heterocycles. The van der Waals surface area contributed by atoms with E-state index in [0.29, 0.717) is 17.9 Å². The van der Waals surface area contributed by atoms with E-state index in [9.17, 15) is 4.79 Å². The Morgan fingerprint density at radius 3 is 2.65 bits per heavy atom. The van der Waals surface area contributed by atoms with Gasteiger partial charge in [0.2, 0.25) is 0 Å². The molecule has 20 heavy (non-hydrogen) atoms. The van der Waals surface area contributed by atoms with Gasteiger partial charge in [0.25, 0.3) is 5.91 Å². The van der Waals surface area contributed by atoms with Crippen molar-refractivity contribution in [1.82, 2.24) is 5.32 Å². The summed E-state index contributed by atoms with van der Waals surface area (Å²) in [5, 5.41) is 3.12. The average molecular weight is 275 g/mol. The summed E-state index contributed by atoms with van der Waals surface area (Å²) in [4.78, 5) is 12.0. The van der Waals surface area contributed by atoms with E-state index in [0.717, 1.165) is 12.2 Å². The van der Waals surface area contributed by atoms with Crippen LogP contribution in [0.2, 0.25) is 0 Å². The smallest absolute Gasteiger partial charge is 0.258 e. The highest BCUT2D eigenvalue weighted by Gasteiger charge is 2.28. The molecule has 0 saturated heterocycles. The van der Waals surface area contributed by atoms with Crippen LogP contribution in [-0.2, 0) is 4.79 Å². The molecule has 0 bridgehead atoms. The van der Waals surface area contributed by atoms with Crippen molar-refractivity contribution < 1.29 is 9.53 Å². The summed E-state index contributed by atoms with van der Waals surface area (Å²) in [5.74, 6) is 1.96. The number of rotatable bonds is 4. The van der Waals surface area contributed by atoms with Crippen LogP contribution in [0, 0.1) is 18.8 Å². The zero-order valence-electron chi connectivity index (χ0n) is 12.7. The fraction of sp³-hybridized carbons (Fsp3) is 0.588. The second-order valence-corrected chi connectivity index (χ2v) is 6.04. The van der Waals surface area contributed by atoms with Crippen LogP contribution in [0.25, 0.3) is 0 Å². The number of ether oxygens (including phenoxy) is 1. The van der Waals surface area contributed by atoms with Crippen LogP contribution in [0.15, 0.2) is 24.3 Å². The number of aryl methyl sites for hydroxylation is 1. The van der Waals surface area contributed by atoms with Gasteiger partial charge in [-0.2, -0.15) is 0 Å². The van der Waals surface area contributed by atoms with Crippen molar-refractivity contribution in [3.05, 3.63) is 29.8 Å². The van der Waals surface area contributed by atoms with Crippen LogP contribution in [-0.4, -0.2) is 18.6 Å². The normalized spacial score (nSPS) is 26.1. The Kier molecular flexibility index (Phi) is 5.05. The van der Waals surface area contributed by atoms with E-state index >= 15 is 0 Å². The predicted molar refractivity (Wildman–Crippen MR) is 80.8 cm³/mol. The molecule has 110 valence electrons. The average Bonchev–Trinajstić information content (AvgIpc) is 2.43. The van der Waals surface area contributed by atoms with Gasteiger partial charge in [0.15, 0.2) is 6.61 Å². The van der Waals surface area contributed by atoms with Crippen molar-refractivity contribution in [2.24, 2.45) is 11.8 Å². The van der Waals surface area contributed by atoms with Gasteiger partial charge in [-0.25, -0.2) is 0 Å². The van der Waals surface area contributed by atoms with E-state index < -0.39 is 0 Å². The van der Waals surface area contributed by atoms with Gasteiger partial charge in [0.1, 0.15) is 5.75 Å². The van der Waals surface area contributed by atoms with Crippen LogP contribution >= 0.6 is 0 Å². The fourth-order valence-corrected chi connectivity index (χ4v) is 2.82. The third-order valence-electron chi connectivity index (χ3n) is 4.44. The molecule has 3 nitrogen and oxygen atoms in total. The number of amides is 1. The first-order chi connectivity index (χ1) is 9.56. The van der Waals surface area contributed by atoms with Crippen molar-refractivity contribution in [3.8, 4) is 5.75 Å². The van der Waals surface area contributed by atoms with Gasteiger partial charge in [-0.15, -0.1) is 0 Å². The molecule has 1 N–H and O–H groups in total. The molecule has 1 aliphatic carbocycles. The molecular weight excluding hydrogens is 250 g/mol. The summed E-state index contributed by atoms with van der Waals surface area (Å²) in [6, 6.07) is 8.06. The highest BCUT2D eigenvalue weighted by atomic mass is 16.5. The minimum absolute atomic E-state index is 0.0171. The zero-order valence-corrected chi connectivity index (χ0v) is 12.7. The molecule has 1 fully saturated rings. The van der Waals surface area contributed by atoms with Crippen LogP contribution in [0.3, 0.4) is 0 Å². The lowest BCUT2D eigenvalue weighted by molar-refractivity contribution is -0.124. The molecule has 0 heterocycles. The lowest BCUT2D eigenvalue weighted by Gasteiger charge is -2.34. The largest absolute Gasteiger partial charge is 0.484 e. The van der Waals surface area contributed by atoms with Crippen molar-refractivity contribution in [2.45, 2.75) is 46.1 Å². The molecule has 1 aromatic rings. The Morgan fingerprint density at radius 1 is 1.25 bits per heavy atom. The number of nitrogens with one attached hydrogen (secondary N) is 1. The van der Waals surface area contributed by atoms with Gasteiger partial charge in [-0.05, 0) is 37.3 Å². The molecule has 3 atom stereocenters. The molecule has 0 radical (unpaired) electrons. The molecule has 1 aliphatic rings. The maximum atomic E-state index is 12.0. The Balaban J connectivity index is 1.79. The summed E-state index contributed by atoms with van der Waals surface area (Å²) in [6.45, 7) is 6.63. The van der Waals surface area contributed by atoms with Crippen molar-refractivity contribution in [3.63, 3.8) is 0 Å². The second-order valence-electron chi connectivity index (χ2n) is 6.04. The fourth-order valence-electron chi connectivity index (χ4n) is 2.82. The summed E-state index contributed by atoms with van der Waals surface area (Å²) < 4.78 is 5.51. The highest BCUT2D eigenvalue weighted by molar-refractivity contribution is 5.77. The molecule has 0 aliphatic heterocycles. The van der Waals surface area contributed by atoms with E-state index in [-0.39, 0.29) is 12.5 Å². The minimum atomic E-state index is -0.0171. The monoisotopic (exact) mass is 275 g/mol. The first-order valence-corrected chi connectivity index (χ1v) is 7.55. The van der Waals surface area contributed by atoms with Gasteiger partial charge >= 0.3 is 0 Å². The van der Waals surface area contributed by atoms with Crippen molar-refractivity contribution in [1.29, 1.82) is 0 Å². The van der Waals surface area contributed by atoms with Crippen molar-refractivity contribution in [2.75, 3.05) is 6.61 Å². The first-order valence-electron chi connectivity index (χ1n) is 7.55. The lowest BCUT2D eigenvalue weighted by atomic mass is 9.78. The second kappa shape index (κ2) is 6.78. The van der Waals surface area contributed by atoms with Gasteiger partial charge in [-0.1, -0.05) is 44.4 Å². The van der Waals surface area contributed by atoms with Crippen LogP contribution < -0.4 is 10.1 Å². The molecule has 0 unspecified atom stereocenters. The summed E-state index contributed by atoms with van der Waals surface area (Å²) >= 11 is 0. The summed E-state index contributed by atoms with van der Waals surface area (Å²) in [6.07, 6.45) is 3.56. The Labute approximate surface area is 121 Å². The molecule has 1 amide bonds. The molecular formula is C17H25NO2. The molecule has 0 spiro atoms. The van der Waals surface area contributed by atoms with Crippen LogP contribution in [0.5, 0.6) is 5.75 Å². The maximum Gasteiger partial charge on any atom is 0.258 e. The standard InChI is InChI=1S/C17H25NO2/c1-12-7-9-15(10-8-12)20-11-17(19)18-16-6-4-5-13(2)14(16)3/h7-10,13-14,16H,4-6,11H2,1-3H3,(H,18,19)/t13-,14+,16-/m1/s1. The predicted octanol–water partition coefficient (Wildman–Crippen LogP) is 3.31. The summed E-state index contributed by atoms with van der Waals surface area (Å²) in [5.41, 5.74) is 1.19. The molecule has 1 aromatic carbocycles. The number of hydrogen-bond acceptors (Lipinski definition) is 2. The third-order valence-corrected chi connectivity index (χ3v) is 4.44. The molecule has 3 heteroatoms. The molecule has 2 rings (SSSR count). The van der Waals surface area contributed by atoms with Crippen LogP contribution in [0.1, 0.15) is 38.7 Å². The number of hydrogen-bond donors (Lipinski definition) is 1. The quantitative estimate of drug-likeness (QED) is 0.915. The SMILES string of the molecule is Cc1ccc(OCC(=O)N[C@@H]2CCC[C@@H](C)[C@@H]2C)cc1. The maximum absolute atomic E-state index is 12.0. The summed E-state index contributed by atoms with van der Waals surface area (Å²) in [7, 11) is 0. The van der Waals surface area contributed by atoms with Gasteiger partial charge in [0.05, 0.1) is 0 Å². The van der Waals surface area contributed by atoms with E-state index in [1.807, 2.05) is 31.2 Å². The topological polar surface area (TPSA) is 38.3 Å². The van der Waals surface area contributed by atoms with Crippen molar-refractivity contribution >= 4 is 5.91 Å². The molecule has 1 saturated carbocycles. The van der Waals surface area contributed by atoms with Gasteiger partial charge in [0, 0.05) is 6.04 Å². The first kappa shape index (κ1) is 14.9. The zero-order chi connectivity index (χ0) is 14.5. The van der Waals surface area contributed by atoms with E-state index in [1.165, 1.54) is 18.4 Å². The van der Waals surface area contributed by atoms with E-state index in [2.05, 4.69) is 19.2 Å². The van der Waals surface area contributed by atoms with Gasteiger partial charge in [-0.3, -0.25) is 4.79 Å². The van der Waals surface area contributed by atoms with E-state index in [1.54, 1.807) is 0 Å². The highest BCUT2D eigenvalue weighted by Crippen LogP contribution is 2.29. The third kappa shape index (κ3) is 3.99. The lowest BCUT2D eigenvalue weighted by Crippen LogP contribution is -2.45. The van der Waals surface area contributed by atoms with Gasteiger partial charge < -0.3 is 10.1 Å². The number of carbonyl (C=O) groups is 1. The minimum Gasteiger partial charge on any atom is -0.484 e. The Bertz CT molecular complexity index is 441. The number of benzene rings is 1. The van der Waals surface area contributed by atoms with E-state index in [4.69, 9.17) is 4.74 Å². The number of carbonyl (C=O) groups excluding carboxylic acids is 1.